The Morgan fingerprint density at radius 1 is 1.39 bits per heavy atom. The van der Waals surface area contributed by atoms with E-state index in [0.29, 0.717) is 12.6 Å². The lowest BCUT2D eigenvalue weighted by Crippen LogP contribution is -2.22. The first-order chi connectivity index (χ1) is 8.81. The second-order valence-corrected chi connectivity index (χ2v) is 4.26. The summed E-state index contributed by atoms with van der Waals surface area (Å²) >= 11 is 0. The molecule has 0 aliphatic rings. The van der Waals surface area contributed by atoms with E-state index in [1.165, 1.54) is 5.56 Å². The number of nitrogens with one attached hydrogen (secondary N) is 1. The minimum Gasteiger partial charge on any atom is -0.494 e. The molecule has 1 rings (SSSR count). The molecule has 2 heteroatoms. The largest absolute Gasteiger partial charge is 0.494 e. The van der Waals surface area contributed by atoms with Gasteiger partial charge in [0.2, 0.25) is 0 Å². The minimum atomic E-state index is 0.321. The van der Waals surface area contributed by atoms with Crippen LogP contribution in [0.15, 0.2) is 24.3 Å². The Balaban J connectivity index is 2.75. The van der Waals surface area contributed by atoms with Crippen molar-refractivity contribution in [1.82, 2.24) is 5.32 Å². The molecule has 2 nitrogen and oxygen atoms in total. The van der Waals surface area contributed by atoms with E-state index < -0.39 is 0 Å². The van der Waals surface area contributed by atoms with Crippen LogP contribution in [0.25, 0.3) is 0 Å². The van der Waals surface area contributed by atoms with Crippen LogP contribution in [0, 0.1) is 12.3 Å². The standard InChI is InChI=1S/C16H23NO/c1-4-7-11-16(17-12-5-2)14-9-8-10-15(13-14)18-6-3/h1,8-10,13,16-17H,5-7,11-12H2,2-3H3. The Morgan fingerprint density at radius 2 is 2.22 bits per heavy atom. The normalized spacial score (nSPS) is 11.8. The van der Waals surface area contributed by atoms with Crippen molar-refractivity contribution < 1.29 is 4.74 Å². The lowest BCUT2D eigenvalue weighted by atomic mass is 10.0. The Bertz CT molecular complexity index is 381. The summed E-state index contributed by atoms with van der Waals surface area (Å²) in [6, 6.07) is 8.59. The molecule has 0 saturated heterocycles. The lowest BCUT2D eigenvalue weighted by molar-refractivity contribution is 0.339. The molecule has 1 atom stereocenters. The Kier molecular flexibility index (Phi) is 6.98. The van der Waals surface area contributed by atoms with E-state index in [0.717, 1.165) is 31.6 Å². The highest BCUT2D eigenvalue weighted by atomic mass is 16.5. The van der Waals surface area contributed by atoms with E-state index in [9.17, 15) is 0 Å². The lowest BCUT2D eigenvalue weighted by Gasteiger charge is -2.18. The minimum absolute atomic E-state index is 0.321. The second-order valence-electron chi connectivity index (χ2n) is 4.26. The molecule has 18 heavy (non-hydrogen) atoms. The first-order valence-electron chi connectivity index (χ1n) is 6.71. The first-order valence-corrected chi connectivity index (χ1v) is 6.71. The van der Waals surface area contributed by atoms with Gasteiger partial charge >= 0.3 is 0 Å². The van der Waals surface area contributed by atoms with Crippen molar-refractivity contribution in [3.05, 3.63) is 29.8 Å². The van der Waals surface area contributed by atoms with Crippen molar-refractivity contribution in [3.63, 3.8) is 0 Å². The summed E-state index contributed by atoms with van der Waals surface area (Å²) in [6.45, 7) is 5.87. The van der Waals surface area contributed by atoms with Crippen LogP contribution < -0.4 is 10.1 Å². The van der Waals surface area contributed by atoms with E-state index in [-0.39, 0.29) is 0 Å². The van der Waals surface area contributed by atoms with E-state index in [1.54, 1.807) is 0 Å². The van der Waals surface area contributed by atoms with Gasteiger partial charge in [-0.05, 0) is 44.0 Å². The summed E-state index contributed by atoms with van der Waals surface area (Å²) in [5, 5.41) is 3.54. The maximum Gasteiger partial charge on any atom is 0.119 e. The topological polar surface area (TPSA) is 21.3 Å². The molecule has 0 heterocycles. The molecule has 98 valence electrons. The SMILES string of the molecule is C#CCCC(NCCC)c1cccc(OCC)c1. The maximum atomic E-state index is 5.54. The number of terminal acetylenes is 1. The molecule has 0 amide bonds. The molecule has 0 saturated carbocycles. The zero-order chi connectivity index (χ0) is 13.2. The number of rotatable bonds is 8. The molecular weight excluding hydrogens is 222 g/mol. The summed E-state index contributed by atoms with van der Waals surface area (Å²) in [4.78, 5) is 0. The molecule has 0 radical (unpaired) electrons. The van der Waals surface area contributed by atoms with Crippen molar-refractivity contribution in [2.75, 3.05) is 13.2 Å². The van der Waals surface area contributed by atoms with Gasteiger partial charge in [0.05, 0.1) is 6.61 Å². The molecule has 1 unspecified atom stereocenters. The second kappa shape index (κ2) is 8.60. The van der Waals surface area contributed by atoms with Crippen molar-refractivity contribution >= 4 is 0 Å². The van der Waals surface area contributed by atoms with Gasteiger partial charge in [-0.25, -0.2) is 0 Å². The highest BCUT2D eigenvalue weighted by Crippen LogP contribution is 2.22. The quantitative estimate of drug-likeness (QED) is 0.707. The molecule has 1 N–H and O–H groups in total. The molecule has 0 bridgehead atoms. The van der Waals surface area contributed by atoms with Crippen LogP contribution in [0.1, 0.15) is 44.7 Å². The molecular formula is C16H23NO. The number of hydrogen-bond acceptors (Lipinski definition) is 2. The summed E-state index contributed by atoms with van der Waals surface area (Å²) in [7, 11) is 0. The molecule has 0 aliphatic carbocycles. The fraction of sp³-hybridized carbons (Fsp3) is 0.500. The van der Waals surface area contributed by atoms with Crippen LogP contribution in [0.5, 0.6) is 5.75 Å². The zero-order valence-electron chi connectivity index (χ0n) is 11.4. The first kappa shape index (κ1) is 14.6. The number of benzene rings is 1. The summed E-state index contributed by atoms with van der Waals surface area (Å²) < 4.78 is 5.54. The van der Waals surface area contributed by atoms with Gasteiger partial charge in [-0.1, -0.05) is 19.1 Å². The average Bonchev–Trinajstić information content (AvgIpc) is 2.40. The van der Waals surface area contributed by atoms with Gasteiger partial charge < -0.3 is 10.1 Å². The van der Waals surface area contributed by atoms with Crippen LogP contribution in [-0.4, -0.2) is 13.2 Å². The highest BCUT2D eigenvalue weighted by Gasteiger charge is 2.10. The fourth-order valence-electron chi connectivity index (χ4n) is 1.92. The van der Waals surface area contributed by atoms with Gasteiger partial charge in [0.25, 0.3) is 0 Å². The van der Waals surface area contributed by atoms with Gasteiger partial charge in [-0.15, -0.1) is 12.3 Å². The molecule has 0 aliphatic heterocycles. The third-order valence-corrected chi connectivity index (χ3v) is 2.79. The predicted octanol–water partition coefficient (Wildman–Crippen LogP) is 3.54. The predicted molar refractivity (Wildman–Crippen MR) is 76.7 cm³/mol. The van der Waals surface area contributed by atoms with E-state index in [4.69, 9.17) is 11.2 Å². The summed E-state index contributed by atoms with van der Waals surface area (Å²) in [5.74, 6) is 3.64. The zero-order valence-corrected chi connectivity index (χ0v) is 11.4. The number of hydrogen-bond donors (Lipinski definition) is 1. The maximum absolute atomic E-state index is 5.54. The molecule has 1 aromatic carbocycles. The third kappa shape index (κ3) is 4.81. The van der Waals surface area contributed by atoms with Crippen molar-refractivity contribution in [2.45, 2.75) is 39.2 Å². The Labute approximate surface area is 111 Å². The van der Waals surface area contributed by atoms with Crippen molar-refractivity contribution in [1.29, 1.82) is 0 Å². The molecule has 1 aromatic rings. The van der Waals surface area contributed by atoms with Crippen LogP contribution in [-0.2, 0) is 0 Å². The van der Waals surface area contributed by atoms with Crippen LogP contribution in [0.4, 0.5) is 0 Å². The highest BCUT2D eigenvalue weighted by molar-refractivity contribution is 5.30. The van der Waals surface area contributed by atoms with Crippen LogP contribution >= 0.6 is 0 Å². The van der Waals surface area contributed by atoms with Crippen molar-refractivity contribution in [3.8, 4) is 18.1 Å². The Morgan fingerprint density at radius 3 is 2.89 bits per heavy atom. The average molecular weight is 245 g/mol. The van der Waals surface area contributed by atoms with Gasteiger partial charge in [0, 0.05) is 12.5 Å². The van der Waals surface area contributed by atoms with Gasteiger partial charge in [0.1, 0.15) is 5.75 Å². The van der Waals surface area contributed by atoms with E-state index in [1.807, 2.05) is 19.1 Å². The van der Waals surface area contributed by atoms with Gasteiger partial charge in [-0.2, -0.15) is 0 Å². The summed E-state index contributed by atoms with van der Waals surface area (Å²) in [5.41, 5.74) is 1.25. The number of ether oxygens (including phenoxy) is 1. The summed E-state index contributed by atoms with van der Waals surface area (Å²) in [6.07, 6.45) is 8.24. The van der Waals surface area contributed by atoms with Gasteiger partial charge in [0.15, 0.2) is 0 Å². The molecule has 0 spiro atoms. The van der Waals surface area contributed by atoms with E-state index >= 15 is 0 Å². The monoisotopic (exact) mass is 245 g/mol. The van der Waals surface area contributed by atoms with E-state index in [2.05, 4.69) is 30.3 Å². The molecule has 0 aromatic heterocycles. The fourth-order valence-corrected chi connectivity index (χ4v) is 1.92. The van der Waals surface area contributed by atoms with Crippen LogP contribution in [0.2, 0.25) is 0 Å². The smallest absolute Gasteiger partial charge is 0.119 e. The third-order valence-electron chi connectivity index (χ3n) is 2.79. The van der Waals surface area contributed by atoms with Crippen LogP contribution in [0.3, 0.4) is 0 Å². The molecule has 0 fully saturated rings. The van der Waals surface area contributed by atoms with Gasteiger partial charge in [-0.3, -0.25) is 0 Å². The Hall–Kier alpha value is -1.46. The van der Waals surface area contributed by atoms with Crippen molar-refractivity contribution in [2.24, 2.45) is 0 Å².